The van der Waals surface area contributed by atoms with Gasteiger partial charge in [0.2, 0.25) is 0 Å². The van der Waals surface area contributed by atoms with E-state index in [0.717, 1.165) is 16.8 Å². The van der Waals surface area contributed by atoms with Gasteiger partial charge in [-0.1, -0.05) is 56.2 Å². The maximum absolute atomic E-state index is 5.65. The van der Waals surface area contributed by atoms with E-state index in [4.69, 9.17) is 10.7 Å². The van der Waals surface area contributed by atoms with Crippen LogP contribution in [-0.4, -0.2) is 27.0 Å². The van der Waals surface area contributed by atoms with Crippen LogP contribution in [-0.2, 0) is 11.3 Å². The number of methoxy groups -OCH3 is 1. The molecule has 0 radical (unpaired) electrons. The van der Waals surface area contributed by atoms with E-state index in [1.807, 2.05) is 12.2 Å². The quantitative estimate of drug-likeness (QED) is 0.598. The number of benzene rings is 1. The highest BCUT2D eigenvalue weighted by atomic mass is 16.4. The molecule has 1 aromatic carbocycles. The molecule has 0 atom stereocenters. The Bertz CT molecular complexity index is 541. The third-order valence-corrected chi connectivity index (χ3v) is 4.25. The predicted octanol–water partition coefficient (Wildman–Crippen LogP) is 4.55. The van der Waals surface area contributed by atoms with Crippen LogP contribution >= 0.6 is 0 Å². The Morgan fingerprint density at radius 3 is 2.15 bits per heavy atom. The minimum absolute atomic E-state index is 0.575. The molecule has 2 rings (SSSR count). The van der Waals surface area contributed by atoms with Gasteiger partial charge in [-0.25, -0.2) is 0 Å². The molecule has 1 fully saturated rings. The second-order valence-corrected chi connectivity index (χ2v) is 6.19. The van der Waals surface area contributed by atoms with Gasteiger partial charge in [-0.2, -0.15) is 0 Å². The predicted molar refractivity (Wildman–Crippen MR) is 115 cm³/mol. The molecule has 0 aliphatic heterocycles. The Balaban J connectivity index is 0.00000113. The van der Waals surface area contributed by atoms with E-state index in [-0.39, 0.29) is 0 Å². The summed E-state index contributed by atoms with van der Waals surface area (Å²) < 4.78 is 4.25. The van der Waals surface area contributed by atoms with E-state index >= 15 is 0 Å². The molecule has 1 aliphatic rings. The summed E-state index contributed by atoms with van der Waals surface area (Å²) >= 11 is 0. The Morgan fingerprint density at radius 2 is 1.69 bits per heavy atom. The zero-order valence-corrected chi connectivity index (χ0v) is 17.0. The Morgan fingerprint density at radius 1 is 1.15 bits per heavy atom. The van der Waals surface area contributed by atoms with Crippen molar-refractivity contribution in [3.8, 4) is 0 Å². The summed E-state index contributed by atoms with van der Waals surface area (Å²) in [6.45, 7) is 6.56. The smallest absolute Gasteiger partial charge is 0.0701 e. The third-order valence-electron chi connectivity index (χ3n) is 4.25. The SMILES string of the molecule is C=C/C=C(\N=C(C)C1CCCCC1)c1ccc(CN)cc1.CN.COC. The molecule has 1 aliphatic carbocycles. The average molecular weight is 360 g/mol. The number of hydrogen-bond acceptors (Lipinski definition) is 4. The van der Waals surface area contributed by atoms with Crippen LogP contribution < -0.4 is 11.5 Å². The van der Waals surface area contributed by atoms with Gasteiger partial charge in [0.1, 0.15) is 0 Å². The minimum atomic E-state index is 0.575. The monoisotopic (exact) mass is 359 g/mol. The van der Waals surface area contributed by atoms with Crippen LogP contribution in [0.4, 0.5) is 0 Å². The van der Waals surface area contributed by atoms with E-state index in [0.29, 0.717) is 12.5 Å². The third kappa shape index (κ3) is 9.09. The summed E-state index contributed by atoms with van der Waals surface area (Å²) in [5.41, 5.74) is 14.7. The molecule has 0 unspecified atom stereocenters. The maximum atomic E-state index is 5.65. The van der Waals surface area contributed by atoms with E-state index in [1.54, 1.807) is 14.2 Å². The average Bonchev–Trinajstić information content (AvgIpc) is 2.70. The maximum Gasteiger partial charge on any atom is 0.0701 e. The molecule has 0 amide bonds. The topological polar surface area (TPSA) is 73.6 Å². The molecule has 4 nitrogen and oxygen atoms in total. The van der Waals surface area contributed by atoms with E-state index in [9.17, 15) is 0 Å². The fourth-order valence-corrected chi connectivity index (χ4v) is 2.92. The Labute approximate surface area is 160 Å². The number of nitrogens with zero attached hydrogens (tertiary/aromatic N) is 1. The molecule has 4 heteroatoms. The zero-order valence-electron chi connectivity index (χ0n) is 17.0. The van der Waals surface area contributed by atoms with Gasteiger partial charge in [-0.3, -0.25) is 4.99 Å². The van der Waals surface area contributed by atoms with Gasteiger partial charge in [0.25, 0.3) is 0 Å². The summed E-state index contributed by atoms with van der Waals surface area (Å²) in [4.78, 5) is 4.89. The number of aliphatic imine (C=N–C) groups is 1. The highest BCUT2D eigenvalue weighted by Crippen LogP contribution is 2.27. The van der Waals surface area contributed by atoms with Crippen LogP contribution in [0.2, 0.25) is 0 Å². The van der Waals surface area contributed by atoms with Crippen LogP contribution in [0.3, 0.4) is 0 Å². The molecule has 0 heterocycles. The van der Waals surface area contributed by atoms with E-state index < -0.39 is 0 Å². The van der Waals surface area contributed by atoms with Crippen molar-refractivity contribution < 1.29 is 4.74 Å². The van der Waals surface area contributed by atoms with Crippen LogP contribution in [0.5, 0.6) is 0 Å². The van der Waals surface area contributed by atoms with Gasteiger partial charge in [0, 0.05) is 32.0 Å². The van der Waals surface area contributed by atoms with Crippen molar-refractivity contribution in [2.75, 3.05) is 21.3 Å². The second-order valence-electron chi connectivity index (χ2n) is 6.19. The van der Waals surface area contributed by atoms with Crippen molar-refractivity contribution in [1.82, 2.24) is 0 Å². The molecule has 0 saturated heterocycles. The molecule has 26 heavy (non-hydrogen) atoms. The summed E-state index contributed by atoms with van der Waals surface area (Å²) in [6.07, 6.45) is 10.4. The first kappa shape index (κ1) is 24.2. The lowest BCUT2D eigenvalue weighted by molar-refractivity contribution is 0.277. The normalized spacial score (nSPS) is 15.3. The van der Waals surface area contributed by atoms with E-state index in [2.05, 4.69) is 48.2 Å². The zero-order chi connectivity index (χ0) is 19.8. The lowest BCUT2D eigenvalue weighted by Crippen LogP contribution is -2.15. The Hall–Kier alpha value is -1.75. The molecule has 0 aromatic heterocycles. The second kappa shape index (κ2) is 15.5. The minimum Gasteiger partial charge on any atom is -0.388 e. The lowest BCUT2D eigenvalue weighted by Gasteiger charge is -2.21. The van der Waals surface area contributed by atoms with Gasteiger partial charge < -0.3 is 16.2 Å². The summed E-state index contributed by atoms with van der Waals surface area (Å²) in [5, 5.41) is 0. The van der Waals surface area contributed by atoms with Crippen LogP contribution in [0.1, 0.15) is 50.2 Å². The molecule has 146 valence electrons. The standard InChI is InChI=1S/C19H26N2.C2H6O.CH5N/c1-3-7-19(18-12-10-16(14-20)11-13-18)21-15(2)17-8-5-4-6-9-17;1-3-2;1-2/h3,7,10-13,17H,1,4-6,8-9,14,20H2,2H3;1-2H3;2H2,1H3/b19-7-,21-15?;;. The fourth-order valence-electron chi connectivity index (χ4n) is 2.92. The number of nitrogens with two attached hydrogens (primary N) is 2. The van der Waals surface area contributed by atoms with Gasteiger partial charge in [0.15, 0.2) is 0 Å². The van der Waals surface area contributed by atoms with Crippen LogP contribution in [0.15, 0.2) is 48.0 Å². The summed E-state index contributed by atoms with van der Waals surface area (Å²) in [7, 11) is 4.75. The van der Waals surface area contributed by atoms with Crippen LogP contribution in [0.25, 0.3) is 5.70 Å². The van der Waals surface area contributed by atoms with Gasteiger partial charge in [-0.15, -0.1) is 0 Å². The molecular formula is C22H37N3O. The van der Waals surface area contributed by atoms with Crippen molar-refractivity contribution in [1.29, 1.82) is 0 Å². The summed E-state index contributed by atoms with van der Waals surface area (Å²) in [5.74, 6) is 0.648. The molecular weight excluding hydrogens is 322 g/mol. The van der Waals surface area contributed by atoms with Crippen molar-refractivity contribution in [3.05, 3.63) is 54.1 Å². The van der Waals surface area contributed by atoms with Gasteiger partial charge in [-0.05, 0) is 44.4 Å². The Kier molecular flexibility index (Phi) is 14.5. The molecule has 0 bridgehead atoms. The number of rotatable bonds is 5. The summed E-state index contributed by atoms with van der Waals surface area (Å²) in [6, 6.07) is 8.32. The first-order chi connectivity index (χ1) is 12.7. The number of hydrogen-bond donors (Lipinski definition) is 2. The van der Waals surface area contributed by atoms with Crippen molar-refractivity contribution in [3.63, 3.8) is 0 Å². The largest absolute Gasteiger partial charge is 0.388 e. The number of allylic oxidation sites excluding steroid dienone is 2. The van der Waals surface area contributed by atoms with Gasteiger partial charge >= 0.3 is 0 Å². The van der Waals surface area contributed by atoms with Crippen molar-refractivity contribution in [2.24, 2.45) is 22.4 Å². The lowest BCUT2D eigenvalue weighted by atomic mass is 9.86. The molecule has 1 aromatic rings. The van der Waals surface area contributed by atoms with Crippen molar-refractivity contribution in [2.45, 2.75) is 45.6 Å². The van der Waals surface area contributed by atoms with Crippen molar-refractivity contribution >= 4 is 11.4 Å². The fraction of sp³-hybridized carbons (Fsp3) is 0.500. The highest BCUT2D eigenvalue weighted by molar-refractivity contribution is 5.90. The van der Waals surface area contributed by atoms with E-state index in [1.165, 1.54) is 44.9 Å². The molecule has 1 saturated carbocycles. The highest BCUT2D eigenvalue weighted by Gasteiger charge is 2.16. The van der Waals surface area contributed by atoms with Gasteiger partial charge in [0.05, 0.1) is 5.70 Å². The molecule has 0 spiro atoms. The number of ether oxygens (including phenoxy) is 1. The van der Waals surface area contributed by atoms with Crippen LogP contribution in [0, 0.1) is 5.92 Å². The first-order valence-corrected chi connectivity index (χ1v) is 9.31. The molecule has 4 N–H and O–H groups in total. The first-order valence-electron chi connectivity index (χ1n) is 9.31.